The number of hydrogen-bond donors (Lipinski definition) is 2. The number of anilines is 1. The summed E-state index contributed by atoms with van der Waals surface area (Å²) in [5.74, 6) is -0.149. The molecule has 0 spiro atoms. The Labute approximate surface area is 164 Å². The minimum Gasteiger partial charge on any atom is -0.376 e. The van der Waals surface area contributed by atoms with E-state index in [1.807, 2.05) is 35.2 Å². The van der Waals surface area contributed by atoms with Crippen LogP contribution in [0.25, 0.3) is 0 Å². The van der Waals surface area contributed by atoms with Gasteiger partial charge in [-0.05, 0) is 49.6 Å². The summed E-state index contributed by atoms with van der Waals surface area (Å²) in [6.45, 7) is 3.62. The number of amides is 2. The lowest BCUT2D eigenvalue weighted by atomic mass is 10.1. The van der Waals surface area contributed by atoms with E-state index >= 15 is 0 Å². The second-order valence-corrected chi connectivity index (χ2v) is 6.93. The number of Topliss-reactive ketones (excluding diaryl/α,β-unsaturated/α-hetero) is 1. The van der Waals surface area contributed by atoms with Crippen LogP contribution in [-0.2, 0) is 11.3 Å². The van der Waals surface area contributed by atoms with Crippen molar-refractivity contribution in [2.24, 2.45) is 0 Å². The molecule has 1 saturated heterocycles. The molecule has 2 amide bonds. The molecule has 146 valence electrons. The predicted molar refractivity (Wildman–Crippen MR) is 108 cm³/mol. The SMILES string of the molecule is CC(=O)c1ccccc1NCC(=O)NCc1ccc(C(=O)N2CCCC2)cc1. The van der Waals surface area contributed by atoms with Gasteiger partial charge in [-0.15, -0.1) is 0 Å². The highest BCUT2D eigenvalue weighted by Gasteiger charge is 2.19. The van der Waals surface area contributed by atoms with Crippen LogP contribution in [0.3, 0.4) is 0 Å². The fraction of sp³-hybridized carbons (Fsp3) is 0.318. The Kier molecular flexibility index (Phi) is 6.42. The number of carbonyl (C=O) groups is 3. The monoisotopic (exact) mass is 379 g/mol. The number of nitrogens with one attached hydrogen (secondary N) is 2. The Morgan fingerprint density at radius 3 is 2.32 bits per heavy atom. The van der Waals surface area contributed by atoms with Gasteiger partial charge in [0.25, 0.3) is 5.91 Å². The van der Waals surface area contributed by atoms with Gasteiger partial charge in [0.05, 0.1) is 6.54 Å². The topological polar surface area (TPSA) is 78.5 Å². The molecule has 6 heteroatoms. The summed E-state index contributed by atoms with van der Waals surface area (Å²) in [6.07, 6.45) is 2.14. The number of nitrogens with zero attached hydrogens (tertiary/aromatic N) is 1. The lowest BCUT2D eigenvalue weighted by molar-refractivity contribution is -0.119. The fourth-order valence-electron chi connectivity index (χ4n) is 3.25. The van der Waals surface area contributed by atoms with E-state index in [1.54, 1.807) is 18.2 Å². The smallest absolute Gasteiger partial charge is 0.253 e. The van der Waals surface area contributed by atoms with E-state index < -0.39 is 0 Å². The second-order valence-electron chi connectivity index (χ2n) is 6.93. The Balaban J connectivity index is 1.48. The lowest BCUT2D eigenvalue weighted by Crippen LogP contribution is -2.30. The molecule has 0 unspecified atom stereocenters. The van der Waals surface area contributed by atoms with Gasteiger partial charge in [0.2, 0.25) is 5.91 Å². The van der Waals surface area contributed by atoms with E-state index in [4.69, 9.17) is 0 Å². The molecule has 6 nitrogen and oxygen atoms in total. The first kappa shape index (κ1) is 19.6. The third-order valence-electron chi connectivity index (χ3n) is 4.83. The van der Waals surface area contributed by atoms with Crippen molar-refractivity contribution in [1.29, 1.82) is 0 Å². The van der Waals surface area contributed by atoms with Crippen LogP contribution < -0.4 is 10.6 Å². The molecule has 2 N–H and O–H groups in total. The number of benzene rings is 2. The summed E-state index contributed by atoms with van der Waals surface area (Å²) in [4.78, 5) is 37.9. The van der Waals surface area contributed by atoms with Crippen molar-refractivity contribution >= 4 is 23.3 Å². The van der Waals surface area contributed by atoms with Crippen molar-refractivity contribution in [3.63, 3.8) is 0 Å². The molecule has 2 aromatic carbocycles. The predicted octanol–water partition coefficient (Wildman–Crippen LogP) is 2.85. The summed E-state index contributed by atoms with van der Waals surface area (Å²) in [5, 5.41) is 5.84. The molecule has 0 atom stereocenters. The zero-order valence-corrected chi connectivity index (χ0v) is 16.0. The fourth-order valence-corrected chi connectivity index (χ4v) is 3.25. The third-order valence-corrected chi connectivity index (χ3v) is 4.83. The van der Waals surface area contributed by atoms with Crippen LogP contribution in [0.15, 0.2) is 48.5 Å². The Morgan fingerprint density at radius 2 is 1.64 bits per heavy atom. The highest BCUT2D eigenvalue weighted by molar-refractivity contribution is 6.00. The van der Waals surface area contributed by atoms with Crippen molar-refractivity contribution in [3.05, 3.63) is 65.2 Å². The number of rotatable bonds is 7. The van der Waals surface area contributed by atoms with Crippen LogP contribution in [0.1, 0.15) is 46.0 Å². The van der Waals surface area contributed by atoms with E-state index in [0.29, 0.717) is 23.4 Å². The van der Waals surface area contributed by atoms with Crippen molar-refractivity contribution in [2.75, 3.05) is 25.0 Å². The molecule has 1 fully saturated rings. The van der Waals surface area contributed by atoms with Crippen molar-refractivity contribution in [1.82, 2.24) is 10.2 Å². The van der Waals surface area contributed by atoms with Crippen LogP contribution in [0.5, 0.6) is 0 Å². The molecular formula is C22H25N3O3. The first-order valence-corrected chi connectivity index (χ1v) is 9.53. The van der Waals surface area contributed by atoms with Gasteiger partial charge in [-0.25, -0.2) is 0 Å². The molecular weight excluding hydrogens is 354 g/mol. The maximum Gasteiger partial charge on any atom is 0.253 e. The molecule has 3 rings (SSSR count). The number of carbonyl (C=O) groups excluding carboxylic acids is 3. The van der Waals surface area contributed by atoms with E-state index in [-0.39, 0.29) is 24.1 Å². The summed E-state index contributed by atoms with van der Waals surface area (Å²) in [5.41, 5.74) is 2.82. The quantitative estimate of drug-likeness (QED) is 0.725. The molecule has 0 radical (unpaired) electrons. The average Bonchev–Trinajstić information content (AvgIpc) is 3.25. The average molecular weight is 379 g/mol. The summed E-state index contributed by atoms with van der Waals surface area (Å²) >= 11 is 0. The maximum absolute atomic E-state index is 12.3. The van der Waals surface area contributed by atoms with Crippen molar-refractivity contribution in [3.8, 4) is 0 Å². The van der Waals surface area contributed by atoms with Gasteiger partial charge in [0, 0.05) is 36.4 Å². The minimum atomic E-state index is -0.171. The molecule has 0 aliphatic carbocycles. The lowest BCUT2D eigenvalue weighted by Gasteiger charge is -2.15. The van der Waals surface area contributed by atoms with Crippen LogP contribution >= 0.6 is 0 Å². The molecule has 1 aliphatic rings. The molecule has 1 heterocycles. The maximum atomic E-state index is 12.3. The summed E-state index contributed by atoms with van der Waals surface area (Å²) in [7, 11) is 0. The van der Waals surface area contributed by atoms with Crippen LogP contribution in [0.4, 0.5) is 5.69 Å². The standard InChI is InChI=1S/C22H25N3O3/c1-16(26)19-6-2-3-7-20(19)23-15-21(27)24-14-17-8-10-18(11-9-17)22(28)25-12-4-5-13-25/h2-3,6-11,23H,4-5,12-15H2,1H3,(H,24,27). The van der Waals surface area contributed by atoms with E-state index in [0.717, 1.165) is 31.5 Å². The highest BCUT2D eigenvalue weighted by atomic mass is 16.2. The number of hydrogen-bond acceptors (Lipinski definition) is 4. The largest absolute Gasteiger partial charge is 0.376 e. The number of ketones is 1. The highest BCUT2D eigenvalue weighted by Crippen LogP contribution is 2.15. The Bertz CT molecular complexity index is 856. The molecule has 0 saturated carbocycles. The molecule has 1 aliphatic heterocycles. The van der Waals surface area contributed by atoms with E-state index in [2.05, 4.69) is 10.6 Å². The van der Waals surface area contributed by atoms with Gasteiger partial charge in [0.15, 0.2) is 5.78 Å². The molecule has 0 aromatic heterocycles. The van der Waals surface area contributed by atoms with Gasteiger partial charge < -0.3 is 15.5 Å². The Morgan fingerprint density at radius 1 is 0.964 bits per heavy atom. The third kappa shape index (κ3) is 4.97. The van der Waals surface area contributed by atoms with Gasteiger partial charge >= 0.3 is 0 Å². The van der Waals surface area contributed by atoms with Gasteiger partial charge in [-0.3, -0.25) is 14.4 Å². The first-order valence-electron chi connectivity index (χ1n) is 9.53. The van der Waals surface area contributed by atoms with Gasteiger partial charge in [-0.1, -0.05) is 24.3 Å². The van der Waals surface area contributed by atoms with Gasteiger partial charge in [-0.2, -0.15) is 0 Å². The molecule has 2 aromatic rings. The number of para-hydroxylation sites is 1. The zero-order chi connectivity index (χ0) is 19.9. The minimum absolute atomic E-state index is 0.0490. The van der Waals surface area contributed by atoms with Crippen molar-refractivity contribution < 1.29 is 14.4 Å². The number of likely N-dealkylation sites (tertiary alicyclic amines) is 1. The van der Waals surface area contributed by atoms with Crippen molar-refractivity contribution in [2.45, 2.75) is 26.3 Å². The van der Waals surface area contributed by atoms with E-state index in [1.165, 1.54) is 6.92 Å². The van der Waals surface area contributed by atoms with E-state index in [9.17, 15) is 14.4 Å². The Hall–Kier alpha value is -3.15. The van der Waals surface area contributed by atoms with Crippen LogP contribution in [0, 0.1) is 0 Å². The van der Waals surface area contributed by atoms with Gasteiger partial charge in [0.1, 0.15) is 0 Å². The normalized spacial score (nSPS) is 13.2. The second kappa shape index (κ2) is 9.17. The van der Waals surface area contributed by atoms with Crippen LogP contribution in [0.2, 0.25) is 0 Å². The molecule has 0 bridgehead atoms. The summed E-state index contributed by atoms with van der Waals surface area (Å²) in [6, 6.07) is 14.5. The molecule has 28 heavy (non-hydrogen) atoms. The first-order chi connectivity index (χ1) is 13.5. The summed E-state index contributed by atoms with van der Waals surface area (Å²) < 4.78 is 0. The van der Waals surface area contributed by atoms with Crippen LogP contribution in [-0.4, -0.2) is 42.1 Å². The zero-order valence-electron chi connectivity index (χ0n) is 16.0.